The Morgan fingerprint density at radius 3 is 2.63 bits per heavy atom. The van der Waals surface area contributed by atoms with Crippen LogP contribution in [0, 0.1) is 16.0 Å². The quantitative estimate of drug-likeness (QED) is 0.465. The van der Waals surface area contributed by atoms with Gasteiger partial charge in [-0.3, -0.25) is 19.7 Å². The first-order valence-corrected chi connectivity index (χ1v) is 6.26. The summed E-state index contributed by atoms with van der Waals surface area (Å²) in [5, 5.41) is 10.5. The molecular weight excluding hydrogens is 272 g/mol. The fourth-order valence-electron chi connectivity index (χ4n) is 1.50. The van der Waals surface area contributed by atoms with Crippen molar-refractivity contribution in [1.82, 2.24) is 4.90 Å². The summed E-state index contributed by atoms with van der Waals surface area (Å²) < 4.78 is 4.57. The molecule has 0 saturated heterocycles. The minimum Gasteiger partial charge on any atom is -0.469 e. The number of methoxy groups -OCH3 is 1. The number of amides is 1. The van der Waals surface area contributed by atoms with E-state index in [2.05, 4.69) is 4.74 Å². The third-order valence-electron chi connectivity index (χ3n) is 2.48. The Morgan fingerprint density at radius 2 is 2.16 bits per heavy atom. The summed E-state index contributed by atoms with van der Waals surface area (Å²) in [5.74, 6) is -1.21. The molecule has 0 fully saturated rings. The van der Waals surface area contributed by atoms with Crippen molar-refractivity contribution < 1.29 is 19.2 Å². The first-order valence-electron chi connectivity index (χ1n) is 5.44. The Labute approximate surface area is 113 Å². The summed E-state index contributed by atoms with van der Waals surface area (Å²) in [6.45, 7) is 1.84. The number of nitro groups is 1. The minimum absolute atomic E-state index is 0.0854. The van der Waals surface area contributed by atoms with Crippen molar-refractivity contribution in [1.29, 1.82) is 0 Å². The largest absolute Gasteiger partial charge is 0.469 e. The normalized spacial score (nSPS) is 11.7. The monoisotopic (exact) mass is 286 g/mol. The number of hydrogen-bond acceptors (Lipinski definition) is 6. The Kier molecular flexibility index (Phi) is 4.99. The molecular formula is C11H14N2O5S. The number of thiophene rings is 1. The van der Waals surface area contributed by atoms with Crippen molar-refractivity contribution >= 4 is 28.2 Å². The highest BCUT2D eigenvalue weighted by molar-refractivity contribution is 7.17. The van der Waals surface area contributed by atoms with Crippen LogP contribution >= 0.6 is 11.3 Å². The maximum atomic E-state index is 12.0. The highest BCUT2D eigenvalue weighted by Crippen LogP contribution is 2.24. The van der Waals surface area contributed by atoms with Gasteiger partial charge < -0.3 is 9.64 Å². The lowest BCUT2D eigenvalue weighted by Crippen LogP contribution is -2.33. The molecule has 1 amide bonds. The molecule has 0 aromatic carbocycles. The number of hydrogen-bond donors (Lipinski definition) is 0. The van der Waals surface area contributed by atoms with E-state index in [1.165, 1.54) is 31.2 Å². The second-order valence-corrected chi connectivity index (χ2v) is 5.07. The highest BCUT2D eigenvalue weighted by atomic mass is 32.1. The average Bonchev–Trinajstić information content (AvgIpc) is 2.86. The lowest BCUT2D eigenvalue weighted by atomic mass is 10.2. The fourth-order valence-corrected chi connectivity index (χ4v) is 2.31. The molecule has 1 rings (SSSR count). The SMILES string of the molecule is COC(=O)C(C)CN(C)C(=O)c1ccc([N+](=O)[O-])s1. The standard InChI is InChI=1S/C11H14N2O5S/c1-7(11(15)18-3)6-12(2)10(14)8-4-5-9(19-8)13(16)17/h4-5,7H,6H2,1-3H3. The number of carbonyl (C=O) groups excluding carboxylic acids is 2. The second kappa shape index (κ2) is 6.28. The molecule has 0 bridgehead atoms. The van der Waals surface area contributed by atoms with Gasteiger partial charge in [-0.05, 0) is 6.07 Å². The Balaban J connectivity index is 2.71. The summed E-state index contributed by atoms with van der Waals surface area (Å²) in [7, 11) is 2.82. The van der Waals surface area contributed by atoms with E-state index in [0.717, 1.165) is 11.3 Å². The first-order chi connectivity index (χ1) is 8.86. The third-order valence-corrected chi connectivity index (χ3v) is 3.51. The second-order valence-electron chi connectivity index (χ2n) is 4.00. The predicted molar refractivity (Wildman–Crippen MR) is 69.1 cm³/mol. The van der Waals surface area contributed by atoms with Crippen LogP contribution in [0.3, 0.4) is 0 Å². The molecule has 1 aromatic rings. The molecule has 7 nitrogen and oxygen atoms in total. The summed E-state index contributed by atoms with van der Waals surface area (Å²) in [5.41, 5.74) is 0. The Bertz CT molecular complexity index is 499. The summed E-state index contributed by atoms with van der Waals surface area (Å²) in [4.78, 5) is 34.9. The van der Waals surface area contributed by atoms with Crippen LogP contribution in [-0.4, -0.2) is 42.4 Å². The van der Waals surface area contributed by atoms with Gasteiger partial charge in [0.2, 0.25) is 0 Å². The van der Waals surface area contributed by atoms with E-state index >= 15 is 0 Å². The van der Waals surface area contributed by atoms with E-state index in [1.54, 1.807) is 6.92 Å². The zero-order chi connectivity index (χ0) is 14.6. The van der Waals surface area contributed by atoms with Gasteiger partial charge in [0.05, 0.1) is 22.8 Å². The molecule has 0 aliphatic heterocycles. The van der Waals surface area contributed by atoms with Crippen molar-refractivity contribution in [2.45, 2.75) is 6.92 Å². The van der Waals surface area contributed by atoms with Crippen LogP contribution in [0.5, 0.6) is 0 Å². The van der Waals surface area contributed by atoms with Gasteiger partial charge in [0.15, 0.2) is 0 Å². The number of esters is 1. The maximum Gasteiger partial charge on any atom is 0.324 e. The average molecular weight is 286 g/mol. The molecule has 1 atom stereocenters. The smallest absolute Gasteiger partial charge is 0.324 e. The molecule has 19 heavy (non-hydrogen) atoms. The van der Waals surface area contributed by atoms with Gasteiger partial charge in [0.25, 0.3) is 5.91 Å². The molecule has 0 aliphatic carbocycles. The molecule has 0 spiro atoms. The minimum atomic E-state index is -0.543. The van der Waals surface area contributed by atoms with Crippen molar-refractivity contribution in [2.24, 2.45) is 5.92 Å². The van der Waals surface area contributed by atoms with E-state index in [4.69, 9.17) is 0 Å². The van der Waals surface area contributed by atoms with Crippen LogP contribution in [-0.2, 0) is 9.53 Å². The third kappa shape index (κ3) is 3.75. The number of carbonyl (C=O) groups is 2. The van der Waals surface area contributed by atoms with Crippen LogP contribution < -0.4 is 0 Å². The number of rotatable bonds is 5. The maximum absolute atomic E-state index is 12.0. The molecule has 1 unspecified atom stereocenters. The van der Waals surface area contributed by atoms with Crippen LogP contribution in [0.4, 0.5) is 5.00 Å². The topological polar surface area (TPSA) is 89.8 Å². The van der Waals surface area contributed by atoms with Gasteiger partial charge in [-0.1, -0.05) is 18.3 Å². The zero-order valence-corrected chi connectivity index (χ0v) is 11.6. The van der Waals surface area contributed by atoms with Gasteiger partial charge in [-0.25, -0.2) is 0 Å². The molecule has 0 aliphatic rings. The number of nitrogens with zero attached hydrogens (tertiary/aromatic N) is 2. The van der Waals surface area contributed by atoms with Gasteiger partial charge in [-0.2, -0.15) is 0 Å². The zero-order valence-electron chi connectivity index (χ0n) is 10.8. The lowest BCUT2D eigenvalue weighted by molar-refractivity contribution is -0.380. The Morgan fingerprint density at radius 1 is 1.53 bits per heavy atom. The van der Waals surface area contributed by atoms with Crippen molar-refractivity contribution in [3.63, 3.8) is 0 Å². The molecule has 0 radical (unpaired) electrons. The predicted octanol–water partition coefficient (Wildman–Crippen LogP) is 1.54. The van der Waals surface area contributed by atoms with Crippen molar-refractivity contribution in [2.75, 3.05) is 20.7 Å². The summed E-state index contributed by atoms with van der Waals surface area (Å²) in [6, 6.07) is 2.69. The highest BCUT2D eigenvalue weighted by Gasteiger charge is 2.22. The fraction of sp³-hybridized carbons (Fsp3) is 0.455. The van der Waals surface area contributed by atoms with Gasteiger partial charge in [-0.15, -0.1) is 0 Å². The lowest BCUT2D eigenvalue weighted by Gasteiger charge is -2.19. The molecule has 1 heterocycles. The van der Waals surface area contributed by atoms with E-state index in [9.17, 15) is 19.7 Å². The van der Waals surface area contributed by atoms with Gasteiger partial charge in [0.1, 0.15) is 0 Å². The van der Waals surface area contributed by atoms with Crippen molar-refractivity contribution in [3.8, 4) is 0 Å². The van der Waals surface area contributed by atoms with Crippen molar-refractivity contribution in [3.05, 3.63) is 27.1 Å². The van der Waals surface area contributed by atoms with Crippen LogP contribution in [0.25, 0.3) is 0 Å². The first kappa shape index (κ1) is 15.1. The van der Waals surface area contributed by atoms with E-state index in [-0.39, 0.29) is 22.3 Å². The molecule has 1 aromatic heterocycles. The molecule has 0 saturated carbocycles. The van der Waals surface area contributed by atoms with E-state index < -0.39 is 16.8 Å². The van der Waals surface area contributed by atoms with Crippen LogP contribution in [0.15, 0.2) is 12.1 Å². The summed E-state index contributed by atoms with van der Waals surface area (Å²) in [6.07, 6.45) is 0. The molecule has 8 heteroatoms. The molecule has 104 valence electrons. The van der Waals surface area contributed by atoms with E-state index in [1.807, 2.05) is 0 Å². The molecule has 0 N–H and O–H groups in total. The van der Waals surface area contributed by atoms with Gasteiger partial charge >= 0.3 is 11.0 Å². The Hall–Kier alpha value is -1.96. The van der Waals surface area contributed by atoms with Crippen LogP contribution in [0.1, 0.15) is 16.6 Å². The van der Waals surface area contributed by atoms with Crippen LogP contribution in [0.2, 0.25) is 0 Å². The number of ether oxygens (including phenoxy) is 1. The summed E-state index contributed by atoms with van der Waals surface area (Å²) >= 11 is 0.812. The van der Waals surface area contributed by atoms with Gasteiger partial charge in [0, 0.05) is 19.7 Å². The van der Waals surface area contributed by atoms with E-state index in [0.29, 0.717) is 0 Å².